The van der Waals surface area contributed by atoms with E-state index in [2.05, 4.69) is 18.7 Å². The zero-order valence-corrected chi connectivity index (χ0v) is 11.0. The molecule has 3 heteroatoms. The van der Waals surface area contributed by atoms with Crippen molar-refractivity contribution in [2.45, 2.75) is 46.1 Å². The number of ether oxygens (including phenoxy) is 1. The molecule has 0 aliphatic heterocycles. The summed E-state index contributed by atoms with van der Waals surface area (Å²) in [7, 11) is 1.47. The minimum absolute atomic E-state index is 0.00207. The third-order valence-electron chi connectivity index (χ3n) is 3.17. The molecule has 0 aromatic carbocycles. The van der Waals surface area contributed by atoms with E-state index in [0.29, 0.717) is 0 Å². The van der Waals surface area contributed by atoms with Gasteiger partial charge < -0.3 is 4.74 Å². The van der Waals surface area contributed by atoms with Crippen molar-refractivity contribution in [3.05, 3.63) is 0 Å². The number of rotatable bonds is 7. The second-order valence-corrected chi connectivity index (χ2v) is 5.33. The molecule has 1 atom stereocenters. The van der Waals surface area contributed by atoms with Crippen LogP contribution in [0.25, 0.3) is 0 Å². The lowest BCUT2D eigenvalue weighted by molar-refractivity contribution is -0.145. The molecular formula is C13H25NO2. The maximum absolute atomic E-state index is 11.4. The van der Waals surface area contributed by atoms with E-state index in [1.165, 1.54) is 26.4 Å². The average Bonchev–Trinajstić information content (AvgIpc) is 3.06. The van der Waals surface area contributed by atoms with Crippen molar-refractivity contribution >= 4 is 5.97 Å². The van der Waals surface area contributed by atoms with Gasteiger partial charge in [-0.1, -0.05) is 20.8 Å². The second kappa shape index (κ2) is 6.24. The molecule has 94 valence electrons. The van der Waals surface area contributed by atoms with Crippen LogP contribution in [0.5, 0.6) is 0 Å². The maximum Gasteiger partial charge on any atom is 0.309 e. The lowest BCUT2D eigenvalue weighted by Gasteiger charge is -2.25. The largest absolute Gasteiger partial charge is 0.469 e. The van der Waals surface area contributed by atoms with E-state index in [4.69, 9.17) is 4.74 Å². The highest BCUT2D eigenvalue weighted by atomic mass is 16.5. The average molecular weight is 227 g/mol. The first-order valence-electron chi connectivity index (χ1n) is 6.36. The summed E-state index contributed by atoms with van der Waals surface area (Å²) in [5.74, 6) is 0.641. The van der Waals surface area contributed by atoms with Crippen LogP contribution in [-0.2, 0) is 9.53 Å². The predicted octanol–water partition coefficient (Wildman–Crippen LogP) is 2.31. The topological polar surface area (TPSA) is 29.5 Å². The lowest BCUT2D eigenvalue weighted by atomic mass is 10.1. The van der Waals surface area contributed by atoms with E-state index in [0.717, 1.165) is 25.0 Å². The molecule has 0 amide bonds. The van der Waals surface area contributed by atoms with Gasteiger partial charge in [0.05, 0.1) is 13.0 Å². The molecule has 0 aromatic heterocycles. The first-order valence-corrected chi connectivity index (χ1v) is 6.36. The number of hydrogen-bond donors (Lipinski definition) is 0. The Morgan fingerprint density at radius 2 is 2.00 bits per heavy atom. The van der Waals surface area contributed by atoms with E-state index in [-0.39, 0.29) is 11.9 Å². The van der Waals surface area contributed by atoms with E-state index < -0.39 is 0 Å². The number of carbonyl (C=O) groups excluding carboxylic acids is 1. The molecule has 0 radical (unpaired) electrons. The summed E-state index contributed by atoms with van der Waals surface area (Å²) >= 11 is 0. The molecule has 0 saturated heterocycles. The number of carbonyl (C=O) groups is 1. The Bertz CT molecular complexity index is 224. The third kappa shape index (κ3) is 4.52. The zero-order chi connectivity index (χ0) is 12.1. The smallest absolute Gasteiger partial charge is 0.309 e. The van der Waals surface area contributed by atoms with Crippen LogP contribution in [0.3, 0.4) is 0 Å². The van der Waals surface area contributed by atoms with E-state index >= 15 is 0 Å². The summed E-state index contributed by atoms with van der Waals surface area (Å²) < 4.78 is 4.77. The Morgan fingerprint density at radius 1 is 1.38 bits per heavy atom. The highest BCUT2D eigenvalue weighted by molar-refractivity contribution is 5.72. The normalized spacial score (nSPS) is 17.9. The fraction of sp³-hybridized carbons (Fsp3) is 0.923. The summed E-state index contributed by atoms with van der Waals surface area (Å²) in [5, 5.41) is 0. The van der Waals surface area contributed by atoms with Crippen molar-refractivity contribution in [1.29, 1.82) is 0 Å². The van der Waals surface area contributed by atoms with Crippen LogP contribution < -0.4 is 0 Å². The molecule has 1 rings (SSSR count). The van der Waals surface area contributed by atoms with Crippen LogP contribution >= 0.6 is 0 Å². The van der Waals surface area contributed by atoms with Crippen LogP contribution in [0.15, 0.2) is 0 Å². The highest BCUT2D eigenvalue weighted by Crippen LogP contribution is 2.28. The van der Waals surface area contributed by atoms with E-state index in [1.54, 1.807) is 0 Å². The molecular weight excluding hydrogens is 202 g/mol. The van der Waals surface area contributed by atoms with Crippen molar-refractivity contribution in [3.8, 4) is 0 Å². The van der Waals surface area contributed by atoms with Crippen LogP contribution in [0.4, 0.5) is 0 Å². The zero-order valence-electron chi connectivity index (χ0n) is 11.0. The van der Waals surface area contributed by atoms with Gasteiger partial charge in [0.15, 0.2) is 0 Å². The molecule has 1 aliphatic rings. The van der Waals surface area contributed by atoms with Crippen LogP contribution in [0.1, 0.15) is 40.0 Å². The maximum atomic E-state index is 11.4. The Balaban J connectivity index is 2.35. The second-order valence-electron chi connectivity index (χ2n) is 5.33. The lowest BCUT2D eigenvalue weighted by Crippen LogP contribution is -2.35. The number of methoxy groups -OCH3 is 1. The Morgan fingerprint density at radius 3 is 2.44 bits per heavy atom. The van der Waals surface area contributed by atoms with Gasteiger partial charge in [-0.3, -0.25) is 9.69 Å². The SMILES string of the molecule is COC(=O)C(C)CN(CCC(C)C)C1CC1. The molecule has 1 unspecified atom stereocenters. The van der Waals surface area contributed by atoms with Crippen molar-refractivity contribution in [2.24, 2.45) is 11.8 Å². The van der Waals surface area contributed by atoms with E-state index in [1.807, 2.05) is 6.92 Å². The number of nitrogens with zero attached hydrogens (tertiary/aromatic N) is 1. The number of hydrogen-bond acceptors (Lipinski definition) is 3. The molecule has 16 heavy (non-hydrogen) atoms. The van der Waals surface area contributed by atoms with Gasteiger partial charge in [0, 0.05) is 12.6 Å². The number of esters is 1. The van der Waals surface area contributed by atoms with Gasteiger partial charge in [0.1, 0.15) is 0 Å². The monoisotopic (exact) mass is 227 g/mol. The van der Waals surface area contributed by atoms with Gasteiger partial charge >= 0.3 is 5.97 Å². The molecule has 0 aromatic rings. The van der Waals surface area contributed by atoms with Gasteiger partial charge in [-0.25, -0.2) is 0 Å². The summed E-state index contributed by atoms with van der Waals surface area (Å²) in [6.07, 6.45) is 3.81. The van der Waals surface area contributed by atoms with Gasteiger partial charge in [-0.05, 0) is 31.7 Å². The quantitative estimate of drug-likeness (QED) is 0.625. The molecule has 1 saturated carbocycles. The Kier molecular flexibility index (Phi) is 5.26. The van der Waals surface area contributed by atoms with Crippen molar-refractivity contribution in [3.63, 3.8) is 0 Å². The van der Waals surface area contributed by atoms with E-state index in [9.17, 15) is 4.79 Å². The Labute approximate surface area is 99.1 Å². The standard InChI is InChI=1S/C13H25NO2/c1-10(2)7-8-14(12-5-6-12)9-11(3)13(15)16-4/h10-12H,5-9H2,1-4H3. The van der Waals surface area contributed by atoms with Crippen molar-refractivity contribution < 1.29 is 9.53 Å². The van der Waals surface area contributed by atoms with Gasteiger partial charge in [0.2, 0.25) is 0 Å². The first-order chi connectivity index (χ1) is 7.54. The predicted molar refractivity (Wildman–Crippen MR) is 65.2 cm³/mol. The summed E-state index contributed by atoms with van der Waals surface area (Å²) in [5.41, 5.74) is 0. The molecule has 0 heterocycles. The molecule has 0 bridgehead atoms. The fourth-order valence-electron chi connectivity index (χ4n) is 1.91. The van der Waals surface area contributed by atoms with Crippen molar-refractivity contribution in [1.82, 2.24) is 4.90 Å². The highest BCUT2D eigenvalue weighted by Gasteiger charge is 2.30. The molecule has 3 nitrogen and oxygen atoms in total. The Hall–Kier alpha value is -0.570. The molecule has 0 spiro atoms. The minimum Gasteiger partial charge on any atom is -0.469 e. The van der Waals surface area contributed by atoms with Gasteiger partial charge in [-0.2, -0.15) is 0 Å². The van der Waals surface area contributed by atoms with Gasteiger partial charge in [-0.15, -0.1) is 0 Å². The fourth-order valence-corrected chi connectivity index (χ4v) is 1.91. The van der Waals surface area contributed by atoms with Crippen molar-refractivity contribution in [2.75, 3.05) is 20.2 Å². The summed E-state index contributed by atoms with van der Waals surface area (Å²) in [4.78, 5) is 13.8. The summed E-state index contributed by atoms with van der Waals surface area (Å²) in [6.45, 7) is 8.41. The van der Waals surface area contributed by atoms with Crippen LogP contribution in [-0.4, -0.2) is 37.1 Å². The first kappa shape index (κ1) is 13.5. The van der Waals surface area contributed by atoms with Gasteiger partial charge in [0.25, 0.3) is 0 Å². The minimum atomic E-state index is -0.0878. The summed E-state index contributed by atoms with van der Waals surface area (Å²) in [6, 6.07) is 0.728. The van der Waals surface area contributed by atoms with Crippen LogP contribution in [0, 0.1) is 11.8 Å². The third-order valence-corrected chi connectivity index (χ3v) is 3.17. The molecule has 1 aliphatic carbocycles. The molecule has 1 fully saturated rings. The van der Waals surface area contributed by atoms with Crippen LogP contribution in [0.2, 0.25) is 0 Å². The molecule has 0 N–H and O–H groups in total.